The third-order valence-corrected chi connectivity index (χ3v) is 2.78. The summed E-state index contributed by atoms with van der Waals surface area (Å²) >= 11 is 0. The fraction of sp³-hybridized carbons (Fsp3) is 0.364. The van der Waals surface area contributed by atoms with Crippen molar-refractivity contribution < 1.29 is 15.0 Å². The molecule has 0 spiro atoms. The molecule has 0 aromatic heterocycles. The maximum atomic E-state index is 10.7. The first-order chi connectivity index (χ1) is 7.08. The fourth-order valence-electron chi connectivity index (χ4n) is 2.12. The van der Waals surface area contributed by atoms with E-state index >= 15 is 0 Å². The Morgan fingerprint density at radius 3 is 3.00 bits per heavy atom. The summed E-state index contributed by atoms with van der Waals surface area (Å²) in [6, 6.07) is 5.09. The molecule has 0 bridgehead atoms. The van der Waals surface area contributed by atoms with E-state index in [9.17, 15) is 9.90 Å². The van der Waals surface area contributed by atoms with Crippen molar-refractivity contribution in [2.24, 2.45) is 0 Å². The number of carboxylic acid groups (broad SMARTS) is 1. The van der Waals surface area contributed by atoms with Crippen molar-refractivity contribution in [3.63, 3.8) is 0 Å². The Morgan fingerprint density at radius 1 is 1.60 bits per heavy atom. The first-order valence-electron chi connectivity index (χ1n) is 4.84. The minimum atomic E-state index is -0.783. The molecule has 1 heterocycles. The summed E-state index contributed by atoms with van der Waals surface area (Å²) in [5.74, 6) is -0.533. The van der Waals surface area contributed by atoms with Crippen molar-refractivity contribution in [3.05, 3.63) is 23.8 Å². The average Bonchev–Trinajstić information content (AvgIpc) is 2.42. The number of phenolic OH excluding ortho intramolecular Hbond substituents is 1. The van der Waals surface area contributed by atoms with E-state index in [0.29, 0.717) is 6.54 Å². The van der Waals surface area contributed by atoms with Crippen molar-refractivity contribution in [2.75, 3.05) is 18.5 Å². The highest BCUT2D eigenvalue weighted by molar-refractivity contribution is 5.71. The van der Waals surface area contributed by atoms with Crippen molar-refractivity contribution in [3.8, 4) is 5.75 Å². The van der Waals surface area contributed by atoms with Gasteiger partial charge in [0.2, 0.25) is 0 Å². The van der Waals surface area contributed by atoms with E-state index in [4.69, 9.17) is 5.11 Å². The number of rotatable bonds is 2. The molecule has 0 saturated carbocycles. The summed E-state index contributed by atoms with van der Waals surface area (Å²) in [4.78, 5) is 12.6. The minimum Gasteiger partial charge on any atom is -0.508 e. The smallest absolute Gasteiger partial charge is 0.304 e. The van der Waals surface area contributed by atoms with Crippen molar-refractivity contribution in [1.29, 1.82) is 0 Å². The van der Waals surface area contributed by atoms with E-state index in [1.165, 1.54) is 0 Å². The molecule has 4 heteroatoms. The van der Waals surface area contributed by atoms with Crippen LogP contribution in [-0.2, 0) is 4.79 Å². The summed E-state index contributed by atoms with van der Waals surface area (Å²) in [5, 5.41) is 18.1. The van der Waals surface area contributed by atoms with Crippen LogP contribution in [0.1, 0.15) is 17.9 Å². The zero-order chi connectivity index (χ0) is 11.0. The van der Waals surface area contributed by atoms with Gasteiger partial charge in [-0.1, -0.05) is 6.07 Å². The zero-order valence-electron chi connectivity index (χ0n) is 8.47. The minimum absolute atomic E-state index is 0.0306. The van der Waals surface area contributed by atoms with E-state index in [2.05, 4.69) is 0 Å². The molecule has 1 aliphatic rings. The molecule has 0 radical (unpaired) electrons. The standard InChI is InChI=1S/C11H13NO3/c1-12-6-7(4-11(14)15)9-3-2-8(13)5-10(9)12/h2-3,5,7,13H,4,6H2,1H3,(H,14,15). The number of anilines is 1. The molecule has 0 saturated heterocycles. The van der Waals surface area contributed by atoms with E-state index in [1.807, 2.05) is 18.0 Å². The Hall–Kier alpha value is -1.71. The van der Waals surface area contributed by atoms with Gasteiger partial charge in [-0.05, 0) is 11.6 Å². The van der Waals surface area contributed by atoms with Gasteiger partial charge >= 0.3 is 5.97 Å². The molecular formula is C11H13NO3. The van der Waals surface area contributed by atoms with Crippen LogP contribution in [-0.4, -0.2) is 29.8 Å². The van der Waals surface area contributed by atoms with Gasteiger partial charge in [-0.15, -0.1) is 0 Å². The van der Waals surface area contributed by atoms with Gasteiger partial charge in [0.05, 0.1) is 6.42 Å². The highest BCUT2D eigenvalue weighted by Crippen LogP contribution is 2.38. The molecule has 1 aromatic carbocycles. The van der Waals surface area contributed by atoms with E-state index in [1.54, 1.807) is 12.1 Å². The lowest BCUT2D eigenvalue weighted by Crippen LogP contribution is -2.16. The van der Waals surface area contributed by atoms with Crippen LogP contribution < -0.4 is 4.90 Å². The SMILES string of the molecule is CN1CC(CC(=O)O)c2ccc(O)cc21. The van der Waals surface area contributed by atoms with E-state index < -0.39 is 5.97 Å². The van der Waals surface area contributed by atoms with Crippen LogP contribution in [0.4, 0.5) is 5.69 Å². The Balaban J connectivity index is 2.33. The zero-order valence-corrected chi connectivity index (χ0v) is 8.47. The third kappa shape index (κ3) is 1.75. The van der Waals surface area contributed by atoms with Gasteiger partial charge in [-0.25, -0.2) is 0 Å². The Labute approximate surface area is 87.8 Å². The second kappa shape index (κ2) is 3.46. The fourth-order valence-corrected chi connectivity index (χ4v) is 2.12. The molecular weight excluding hydrogens is 194 g/mol. The lowest BCUT2D eigenvalue weighted by atomic mass is 9.98. The largest absolute Gasteiger partial charge is 0.508 e. The molecule has 0 aliphatic carbocycles. The van der Waals surface area contributed by atoms with Crippen LogP contribution >= 0.6 is 0 Å². The second-order valence-electron chi connectivity index (χ2n) is 3.92. The molecule has 15 heavy (non-hydrogen) atoms. The number of benzene rings is 1. The number of carboxylic acids is 1. The summed E-state index contributed by atoms with van der Waals surface area (Å²) in [7, 11) is 1.90. The highest BCUT2D eigenvalue weighted by atomic mass is 16.4. The summed E-state index contributed by atoms with van der Waals surface area (Å²) in [6.45, 7) is 0.699. The lowest BCUT2D eigenvalue weighted by molar-refractivity contribution is -0.137. The Bertz CT molecular complexity index is 403. The van der Waals surface area contributed by atoms with Gasteiger partial charge in [0, 0.05) is 31.3 Å². The molecule has 2 rings (SSSR count). The van der Waals surface area contributed by atoms with E-state index in [-0.39, 0.29) is 18.1 Å². The Kier molecular flexibility index (Phi) is 2.26. The van der Waals surface area contributed by atoms with Crippen LogP contribution in [0.15, 0.2) is 18.2 Å². The third-order valence-electron chi connectivity index (χ3n) is 2.78. The summed E-state index contributed by atoms with van der Waals surface area (Å²) in [6.07, 6.45) is 0.141. The highest BCUT2D eigenvalue weighted by Gasteiger charge is 2.28. The molecule has 1 aromatic rings. The number of hydrogen-bond acceptors (Lipinski definition) is 3. The summed E-state index contributed by atoms with van der Waals surface area (Å²) in [5.41, 5.74) is 1.94. The molecule has 1 aliphatic heterocycles. The number of nitrogens with zero attached hydrogens (tertiary/aromatic N) is 1. The number of hydrogen-bond donors (Lipinski definition) is 2. The number of aliphatic carboxylic acids is 1. The van der Waals surface area contributed by atoms with Gasteiger partial charge in [0.15, 0.2) is 0 Å². The monoisotopic (exact) mass is 207 g/mol. The number of phenols is 1. The van der Waals surface area contributed by atoms with Crippen LogP contribution in [0.5, 0.6) is 5.75 Å². The van der Waals surface area contributed by atoms with Gasteiger partial charge < -0.3 is 15.1 Å². The van der Waals surface area contributed by atoms with Crippen LogP contribution in [0.3, 0.4) is 0 Å². The van der Waals surface area contributed by atoms with Gasteiger partial charge in [-0.3, -0.25) is 4.79 Å². The van der Waals surface area contributed by atoms with Crippen LogP contribution in [0.25, 0.3) is 0 Å². The van der Waals surface area contributed by atoms with Gasteiger partial charge in [0.1, 0.15) is 5.75 Å². The number of aromatic hydroxyl groups is 1. The average molecular weight is 207 g/mol. The first kappa shape index (κ1) is 9.83. The van der Waals surface area contributed by atoms with Crippen molar-refractivity contribution >= 4 is 11.7 Å². The molecule has 2 N–H and O–H groups in total. The molecule has 0 fully saturated rings. The molecule has 0 amide bonds. The van der Waals surface area contributed by atoms with E-state index in [0.717, 1.165) is 11.3 Å². The molecule has 1 unspecified atom stereocenters. The summed E-state index contributed by atoms with van der Waals surface area (Å²) < 4.78 is 0. The van der Waals surface area contributed by atoms with Gasteiger partial charge in [0.25, 0.3) is 0 Å². The first-order valence-corrected chi connectivity index (χ1v) is 4.84. The molecule has 1 atom stereocenters. The predicted octanol–water partition coefficient (Wildman–Crippen LogP) is 1.40. The topological polar surface area (TPSA) is 60.8 Å². The number of fused-ring (bicyclic) bond motifs is 1. The number of carbonyl (C=O) groups is 1. The Morgan fingerprint density at radius 2 is 2.33 bits per heavy atom. The van der Waals surface area contributed by atoms with Crippen LogP contribution in [0.2, 0.25) is 0 Å². The predicted molar refractivity (Wildman–Crippen MR) is 56.4 cm³/mol. The lowest BCUT2D eigenvalue weighted by Gasteiger charge is -2.11. The maximum absolute atomic E-state index is 10.7. The molecule has 4 nitrogen and oxygen atoms in total. The second-order valence-corrected chi connectivity index (χ2v) is 3.92. The molecule has 80 valence electrons. The number of likely N-dealkylation sites (N-methyl/N-ethyl adjacent to an activating group) is 1. The van der Waals surface area contributed by atoms with Crippen LogP contribution in [0, 0.1) is 0 Å². The van der Waals surface area contributed by atoms with Gasteiger partial charge in [-0.2, -0.15) is 0 Å². The van der Waals surface area contributed by atoms with Crippen molar-refractivity contribution in [1.82, 2.24) is 0 Å². The van der Waals surface area contributed by atoms with Crippen molar-refractivity contribution in [2.45, 2.75) is 12.3 Å². The quantitative estimate of drug-likeness (QED) is 0.769. The maximum Gasteiger partial charge on any atom is 0.304 e. The normalized spacial score (nSPS) is 19.0.